The van der Waals surface area contributed by atoms with E-state index in [1.54, 1.807) is 31.4 Å². The summed E-state index contributed by atoms with van der Waals surface area (Å²) in [5.41, 5.74) is 2.41. The predicted molar refractivity (Wildman–Crippen MR) is 102 cm³/mol. The van der Waals surface area contributed by atoms with Crippen molar-refractivity contribution in [3.05, 3.63) is 60.2 Å². The summed E-state index contributed by atoms with van der Waals surface area (Å²) in [7, 11) is 5.43. The van der Waals surface area contributed by atoms with E-state index in [2.05, 4.69) is 5.32 Å². The summed E-state index contributed by atoms with van der Waals surface area (Å²) in [4.78, 5) is 25.6. The number of nitrogens with zero attached hydrogens (tertiary/aromatic N) is 1. The Morgan fingerprint density at radius 1 is 1.08 bits per heavy atom. The summed E-state index contributed by atoms with van der Waals surface area (Å²) in [6.45, 7) is -0.357. The molecule has 0 bridgehead atoms. The van der Waals surface area contributed by atoms with Gasteiger partial charge < -0.3 is 19.7 Å². The molecule has 1 N–H and O–H groups in total. The number of carbonyl (C=O) groups excluding carboxylic acids is 2. The van der Waals surface area contributed by atoms with Crippen LogP contribution < -0.4 is 15.0 Å². The number of amides is 1. The molecule has 0 aromatic heterocycles. The van der Waals surface area contributed by atoms with Crippen molar-refractivity contribution in [1.29, 1.82) is 0 Å². The van der Waals surface area contributed by atoms with E-state index < -0.39 is 11.9 Å². The van der Waals surface area contributed by atoms with E-state index in [0.717, 1.165) is 11.3 Å². The number of esters is 1. The van der Waals surface area contributed by atoms with E-state index in [1.165, 1.54) is 6.08 Å². The van der Waals surface area contributed by atoms with Crippen LogP contribution >= 0.6 is 0 Å². The first-order valence-electron chi connectivity index (χ1n) is 8.04. The Kier molecular flexibility index (Phi) is 6.79. The number of ether oxygens (including phenoxy) is 2. The second kappa shape index (κ2) is 9.27. The SMILES string of the molecule is COc1ccccc1C=CC(=O)OCC(=O)Nc1ccc(N(C)C)cc1. The summed E-state index contributed by atoms with van der Waals surface area (Å²) in [5.74, 6) is -0.355. The van der Waals surface area contributed by atoms with Gasteiger partial charge in [-0.2, -0.15) is 0 Å². The fourth-order valence-corrected chi connectivity index (χ4v) is 2.19. The van der Waals surface area contributed by atoms with E-state index >= 15 is 0 Å². The fourth-order valence-electron chi connectivity index (χ4n) is 2.19. The number of nitrogens with one attached hydrogen (secondary N) is 1. The summed E-state index contributed by atoms with van der Waals surface area (Å²) >= 11 is 0. The summed E-state index contributed by atoms with van der Waals surface area (Å²) < 4.78 is 10.1. The van der Waals surface area contributed by atoms with Crippen LogP contribution in [0.25, 0.3) is 6.08 Å². The molecule has 0 fully saturated rings. The average Bonchev–Trinajstić information content (AvgIpc) is 2.65. The molecule has 0 atom stereocenters. The number of para-hydroxylation sites is 1. The van der Waals surface area contributed by atoms with Gasteiger partial charge in [-0.05, 0) is 36.4 Å². The van der Waals surface area contributed by atoms with Crippen molar-refractivity contribution in [2.45, 2.75) is 0 Å². The zero-order valence-electron chi connectivity index (χ0n) is 15.1. The zero-order valence-corrected chi connectivity index (χ0v) is 15.1. The number of rotatable bonds is 7. The smallest absolute Gasteiger partial charge is 0.331 e. The van der Waals surface area contributed by atoms with E-state index in [-0.39, 0.29) is 6.61 Å². The molecule has 6 nitrogen and oxygen atoms in total. The van der Waals surface area contributed by atoms with Crippen LogP contribution in [-0.2, 0) is 14.3 Å². The minimum Gasteiger partial charge on any atom is -0.496 e. The molecule has 26 heavy (non-hydrogen) atoms. The molecule has 0 spiro atoms. The first-order chi connectivity index (χ1) is 12.5. The Morgan fingerprint density at radius 3 is 2.42 bits per heavy atom. The summed E-state index contributed by atoms with van der Waals surface area (Å²) in [5, 5.41) is 2.68. The molecule has 0 saturated carbocycles. The molecule has 6 heteroatoms. The number of methoxy groups -OCH3 is 1. The normalized spacial score (nSPS) is 10.4. The molecule has 0 aliphatic rings. The van der Waals surface area contributed by atoms with Gasteiger partial charge in [0.2, 0.25) is 0 Å². The van der Waals surface area contributed by atoms with Gasteiger partial charge in [0.25, 0.3) is 5.91 Å². The largest absolute Gasteiger partial charge is 0.496 e. The Morgan fingerprint density at radius 2 is 1.77 bits per heavy atom. The van der Waals surface area contributed by atoms with Gasteiger partial charge in [-0.3, -0.25) is 4.79 Å². The highest BCUT2D eigenvalue weighted by atomic mass is 16.5. The molecule has 0 aliphatic heterocycles. The highest BCUT2D eigenvalue weighted by Crippen LogP contribution is 2.18. The maximum Gasteiger partial charge on any atom is 0.331 e. The molecule has 136 valence electrons. The van der Waals surface area contributed by atoms with Gasteiger partial charge in [0.15, 0.2) is 6.61 Å². The first-order valence-corrected chi connectivity index (χ1v) is 8.04. The Labute approximate surface area is 153 Å². The third-order valence-corrected chi connectivity index (χ3v) is 3.55. The number of benzene rings is 2. The van der Waals surface area contributed by atoms with Crippen LogP contribution in [0.1, 0.15) is 5.56 Å². The van der Waals surface area contributed by atoms with Crippen molar-refractivity contribution in [3.63, 3.8) is 0 Å². The standard InChI is InChI=1S/C20H22N2O4/c1-22(2)17-11-9-16(10-12-17)21-19(23)14-26-20(24)13-8-15-6-4-5-7-18(15)25-3/h4-13H,14H2,1-3H3,(H,21,23). The number of hydrogen-bond donors (Lipinski definition) is 1. The molecule has 0 unspecified atom stereocenters. The zero-order chi connectivity index (χ0) is 18.9. The molecule has 1 amide bonds. The van der Waals surface area contributed by atoms with Crippen LogP contribution in [0.3, 0.4) is 0 Å². The van der Waals surface area contributed by atoms with Crippen molar-refractivity contribution in [2.24, 2.45) is 0 Å². The minimum atomic E-state index is -0.603. The lowest BCUT2D eigenvalue weighted by molar-refractivity contribution is -0.142. The molecule has 2 aromatic rings. The van der Waals surface area contributed by atoms with Crippen LogP contribution in [0, 0.1) is 0 Å². The van der Waals surface area contributed by atoms with Crippen LogP contribution in [0.5, 0.6) is 5.75 Å². The van der Waals surface area contributed by atoms with Crippen molar-refractivity contribution in [3.8, 4) is 5.75 Å². The second-order valence-electron chi connectivity index (χ2n) is 5.67. The topological polar surface area (TPSA) is 67.9 Å². The van der Waals surface area contributed by atoms with Crippen molar-refractivity contribution in [1.82, 2.24) is 0 Å². The van der Waals surface area contributed by atoms with E-state index in [0.29, 0.717) is 11.4 Å². The van der Waals surface area contributed by atoms with Crippen molar-refractivity contribution in [2.75, 3.05) is 38.0 Å². The first kappa shape index (κ1) is 19.1. The molecular formula is C20H22N2O4. The van der Waals surface area contributed by atoms with Crippen molar-refractivity contribution < 1.29 is 19.1 Å². The van der Waals surface area contributed by atoms with E-state index in [1.807, 2.05) is 49.3 Å². The lowest BCUT2D eigenvalue weighted by atomic mass is 10.2. The molecular weight excluding hydrogens is 332 g/mol. The molecule has 0 aliphatic carbocycles. The third-order valence-electron chi connectivity index (χ3n) is 3.55. The van der Waals surface area contributed by atoms with Gasteiger partial charge in [-0.15, -0.1) is 0 Å². The Balaban J connectivity index is 1.83. The van der Waals surface area contributed by atoms with Crippen LogP contribution in [0.2, 0.25) is 0 Å². The van der Waals surface area contributed by atoms with Crippen molar-refractivity contribution >= 4 is 29.3 Å². The van der Waals surface area contributed by atoms with E-state index in [9.17, 15) is 9.59 Å². The second-order valence-corrected chi connectivity index (χ2v) is 5.67. The average molecular weight is 354 g/mol. The maximum absolute atomic E-state index is 11.9. The fraction of sp³-hybridized carbons (Fsp3) is 0.200. The lowest BCUT2D eigenvalue weighted by Gasteiger charge is -2.13. The maximum atomic E-state index is 11.9. The highest BCUT2D eigenvalue weighted by Gasteiger charge is 2.06. The van der Waals surface area contributed by atoms with Gasteiger partial charge in [-0.25, -0.2) is 4.79 Å². The summed E-state index contributed by atoms with van der Waals surface area (Å²) in [6.07, 6.45) is 2.84. The summed E-state index contributed by atoms with van der Waals surface area (Å²) in [6, 6.07) is 14.6. The monoisotopic (exact) mass is 354 g/mol. The Hall–Kier alpha value is -3.28. The van der Waals surface area contributed by atoms with Crippen LogP contribution in [0.4, 0.5) is 11.4 Å². The molecule has 2 aromatic carbocycles. The van der Waals surface area contributed by atoms with Gasteiger partial charge in [-0.1, -0.05) is 18.2 Å². The molecule has 0 radical (unpaired) electrons. The molecule has 0 heterocycles. The van der Waals surface area contributed by atoms with Gasteiger partial charge in [0.05, 0.1) is 7.11 Å². The van der Waals surface area contributed by atoms with Crippen LogP contribution in [-0.4, -0.2) is 39.7 Å². The Bertz CT molecular complexity index is 783. The number of anilines is 2. The van der Waals surface area contributed by atoms with Gasteiger partial charge in [0.1, 0.15) is 5.75 Å². The van der Waals surface area contributed by atoms with Crippen LogP contribution in [0.15, 0.2) is 54.6 Å². The minimum absolute atomic E-state index is 0.357. The quantitative estimate of drug-likeness (QED) is 0.612. The predicted octanol–water partition coefficient (Wildman–Crippen LogP) is 2.96. The molecule has 2 rings (SSSR count). The van der Waals surface area contributed by atoms with E-state index in [4.69, 9.17) is 9.47 Å². The van der Waals surface area contributed by atoms with Gasteiger partial charge in [0, 0.05) is 37.1 Å². The molecule has 0 saturated heterocycles. The lowest BCUT2D eigenvalue weighted by Crippen LogP contribution is -2.20. The highest BCUT2D eigenvalue weighted by molar-refractivity contribution is 5.94. The number of carbonyl (C=O) groups is 2. The number of hydrogen-bond acceptors (Lipinski definition) is 5. The third kappa shape index (κ3) is 5.66. The van der Waals surface area contributed by atoms with Gasteiger partial charge >= 0.3 is 5.97 Å².